The monoisotopic (exact) mass is 389 g/mol. The number of sulfonamides is 1. The second kappa shape index (κ2) is 5.88. The van der Waals surface area contributed by atoms with Crippen molar-refractivity contribution in [1.82, 2.24) is 4.72 Å². The van der Waals surface area contributed by atoms with Gasteiger partial charge in [0.15, 0.2) is 5.54 Å². The number of aliphatic carboxylic acids is 1. The molecule has 0 bridgehead atoms. The van der Waals surface area contributed by atoms with E-state index in [1.165, 1.54) is 13.0 Å². The van der Waals surface area contributed by atoms with Gasteiger partial charge < -0.3 is 5.11 Å². The van der Waals surface area contributed by atoms with Gasteiger partial charge in [0.05, 0.1) is 3.79 Å². The number of carbonyl (C=O) groups is 1. The third kappa shape index (κ3) is 3.34. The lowest BCUT2D eigenvalue weighted by Crippen LogP contribution is -2.49. The maximum Gasteiger partial charge on any atom is 0.329 e. The van der Waals surface area contributed by atoms with Crippen molar-refractivity contribution in [1.29, 1.82) is 0 Å². The molecule has 0 aliphatic rings. The topological polar surface area (TPSA) is 83.5 Å². The number of halogens is 1. The van der Waals surface area contributed by atoms with Crippen molar-refractivity contribution >= 4 is 43.3 Å². The number of rotatable bonds is 5. The summed E-state index contributed by atoms with van der Waals surface area (Å²) in [4.78, 5) is 11.6. The zero-order valence-corrected chi connectivity index (χ0v) is 14.1. The van der Waals surface area contributed by atoms with Crippen molar-refractivity contribution in [3.63, 3.8) is 0 Å². The van der Waals surface area contributed by atoms with Gasteiger partial charge in [0.25, 0.3) is 10.0 Å². The molecule has 0 amide bonds. The van der Waals surface area contributed by atoms with Crippen molar-refractivity contribution in [2.24, 2.45) is 0 Å². The van der Waals surface area contributed by atoms with E-state index in [9.17, 15) is 18.3 Å². The van der Waals surface area contributed by atoms with Gasteiger partial charge in [-0.3, -0.25) is 0 Å². The number of thiophene rings is 1. The summed E-state index contributed by atoms with van der Waals surface area (Å²) >= 11 is 4.20. The lowest BCUT2D eigenvalue weighted by Gasteiger charge is -2.26. The van der Waals surface area contributed by atoms with Gasteiger partial charge in [0.1, 0.15) is 4.21 Å². The summed E-state index contributed by atoms with van der Waals surface area (Å²) < 4.78 is 27.7. The summed E-state index contributed by atoms with van der Waals surface area (Å²) in [5.41, 5.74) is -1.38. The normalized spacial score (nSPS) is 14.6. The molecular weight excluding hydrogens is 378 g/mol. The maximum absolute atomic E-state index is 12.4. The van der Waals surface area contributed by atoms with E-state index in [0.29, 0.717) is 9.35 Å². The van der Waals surface area contributed by atoms with Crippen LogP contribution in [0.3, 0.4) is 0 Å². The Morgan fingerprint density at radius 1 is 1.24 bits per heavy atom. The van der Waals surface area contributed by atoms with E-state index in [-0.39, 0.29) is 4.21 Å². The highest BCUT2D eigenvalue weighted by Crippen LogP contribution is 2.29. The minimum Gasteiger partial charge on any atom is -0.480 e. The lowest BCUT2D eigenvalue weighted by molar-refractivity contribution is -0.143. The Balaban J connectivity index is 2.44. The number of hydrogen-bond donors (Lipinski definition) is 2. The molecule has 2 N–H and O–H groups in total. The fourth-order valence-corrected chi connectivity index (χ4v) is 5.12. The summed E-state index contributed by atoms with van der Waals surface area (Å²) in [6, 6.07) is 11.2. The van der Waals surface area contributed by atoms with Gasteiger partial charge in [-0.25, -0.2) is 13.2 Å². The van der Waals surface area contributed by atoms with Gasteiger partial charge in [-0.2, -0.15) is 4.72 Å². The number of carboxylic acid groups (broad SMARTS) is 1. The summed E-state index contributed by atoms with van der Waals surface area (Å²) in [6.07, 6.45) is 0. The van der Waals surface area contributed by atoms with Crippen LogP contribution in [0, 0.1) is 0 Å². The van der Waals surface area contributed by atoms with Crippen molar-refractivity contribution in [3.05, 3.63) is 51.8 Å². The summed E-state index contributed by atoms with van der Waals surface area (Å²) in [6.45, 7) is 1.32. The molecule has 0 aliphatic heterocycles. The van der Waals surface area contributed by atoms with E-state index < -0.39 is 21.5 Å². The molecule has 112 valence electrons. The van der Waals surface area contributed by atoms with Crippen molar-refractivity contribution in [2.75, 3.05) is 0 Å². The van der Waals surface area contributed by atoms with Crippen LogP contribution in [0.15, 0.2) is 50.5 Å². The molecule has 21 heavy (non-hydrogen) atoms. The van der Waals surface area contributed by atoms with Crippen molar-refractivity contribution in [2.45, 2.75) is 16.7 Å². The highest BCUT2D eigenvalue weighted by atomic mass is 79.9. The minimum atomic E-state index is -3.93. The van der Waals surface area contributed by atoms with Gasteiger partial charge in [-0.15, -0.1) is 11.3 Å². The quantitative estimate of drug-likeness (QED) is 0.823. The Morgan fingerprint density at radius 2 is 1.86 bits per heavy atom. The standard InChI is InChI=1S/C13H12BrNO4S2/c1-13(12(16)17,9-5-3-2-4-6-9)15-21(18,19)11-8-7-10(14)20-11/h2-8,15H,1H3,(H,16,17). The molecule has 1 aromatic heterocycles. The van der Waals surface area contributed by atoms with Crippen LogP contribution in [-0.2, 0) is 20.4 Å². The van der Waals surface area contributed by atoms with Crippen molar-refractivity contribution < 1.29 is 18.3 Å². The third-order valence-corrected chi connectivity index (χ3v) is 6.60. The average molecular weight is 390 g/mol. The van der Waals surface area contributed by atoms with Crippen molar-refractivity contribution in [3.8, 4) is 0 Å². The molecule has 0 fully saturated rings. The highest BCUT2D eigenvalue weighted by molar-refractivity contribution is 9.11. The minimum absolute atomic E-state index is 0.0535. The van der Waals surface area contributed by atoms with Gasteiger partial charge >= 0.3 is 5.97 Å². The second-order valence-electron chi connectivity index (χ2n) is 4.46. The molecule has 0 radical (unpaired) electrons. The molecule has 1 heterocycles. The van der Waals surface area contributed by atoms with Crippen LogP contribution in [0.25, 0.3) is 0 Å². The molecular formula is C13H12BrNO4S2. The summed E-state index contributed by atoms with van der Waals surface area (Å²) in [7, 11) is -3.93. The second-order valence-corrected chi connectivity index (χ2v) is 8.83. The number of nitrogens with one attached hydrogen (secondary N) is 1. The van der Waals surface area contributed by atoms with Crippen LogP contribution in [0.5, 0.6) is 0 Å². The number of benzene rings is 1. The first kappa shape index (κ1) is 16.2. The number of carboxylic acids is 1. The van der Waals surface area contributed by atoms with Crippen LogP contribution in [0.1, 0.15) is 12.5 Å². The molecule has 2 rings (SSSR count). The molecule has 0 saturated carbocycles. The molecule has 1 atom stereocenters. The largest absolute Gasteiger partial charge is 0.480 e. The summed E-state index contributed by atoms with van der Waals surface area (Å²) in [5.74, 6) is -1.27. The third-order valence-electron chi connectivity index (χ3n) is 2.93. The zero-order chi connectivity index (χ0) is 15.7. The van der Waals surface area contributed by atoms with E-state index in [1.54, 1.807) is 36.4 Å². The van der Waals surface area contributed by atoms with Gasteiger partial charge in [0.2, 0.25) is 0 Å². The Hall–Kier alpha value is -1.22. The molecule has 0 saturated heterocycles. The van der Waals surface area contributed by atoms with Crippen LogP contribution in [0.4, 0.5) is 0 Å². The van der Waals surface area contributed by atoms with Gasteiger partial charge in [0, 0.05) is 0 Å². The predicted molar refractivity (Wildman–Crippen MR) is 83.8 cm³/mol. The fourth-order valence-electron chi connectivity index (χ4n) is 1.76. The first-order valence-corrected chi connectivity index (χ1v) is 8.93. The van der Waals surface area contributed by atoms with Crippen LogP contribution in [0.2, 0.25) is 0 Å². The average Bonchev–Trinajstić information content (AvgIpc) is 2.86. The SMILES string of the molecule is CC(NS(=O)(=O)c1ccc(Br)s1)(C(=O)O)c1ccccc1. The van der Waals surface area contributed by atoms with E-state index in [0.717, 1.165) is 11.3 Å². The van der Waals surface area contributed by atoms with E-state index in [4.69, 9.17) is 0 Å². The number of hydrogen-bond acceptors (Lipinski definition) is 4. The summed E-state index contributed by atoms with van der Waals surface area (Å²) in [5, 5.41) is 9.47. The zero-order valence-electron chi connectivity index (χ0n) is 10.9. The van der Waals surface area contributed by atoms with Gasteiger partial charge in [-0.05, 0) is 40.5 Å². The molecule has 1 unspecified atom stereocenters. The maximum atomic E-state index is 12.4. The van der Waals surface area contributed by atoms with E-state index in [2.05, 4.69) is 20.7 Å². The van der Waals surface area contributed by atoms with Crippen LogP contribution >= 0.6 is 27.3 Å². The van der Waals surface area contributed by atoms with Crippen LogP contribution < -0.4 is 4.72 Å². The fraction of sp³-hybridized carbons (Fsp3) is 0.154. The Labute approximate surface area is 134 Å². The molecule has 0 aliphatic carbocycles. The molecule has 8 heteroatoms. The highest BCUT2D eigenvalue weighted by Gasteiger charge is 2.40. The molecule has 1 aromatic carbocycles. The first-order chi connectivity index (χ1) is 9.75. The van der Waals surface area contributed by atoms with E-state index >= 15 is 0 Å². The Morgan fingerprint density at radius 3 is 2.33 bits per heavy atom. The smallest absolute Gasteiger partial charge is 0.329 e. The molecule has 2 aromatic rings. The molecule has 5 nitrogen and oxygen atoms in total. The molecule has 0 spiro atoms. The first-order valence-electron chi connectivity index (χ1n) is 5.84. The Bertz CT molecular complexity index is 757. The lowest BCUT2D eigenvalue weighted by atomic mass is 9.94. The van der Waals surface area contributed by atoms with Crippen LogP contribution in [-0.4, -0.2) is 19.5 Å². The van der Waals surface area contributed by atoms with E-state index in [1.807, 2.05) is 0 Å². The predicted octanol–water partition coefficient (Wildman–Crippen LogP) is 2.79. The Kier molecular flexibility index (Phi) is 4.52. The van der Waals surface area contributed by atoms with Gasteiger partial charge in [-0.1, -0.05) is 30.3 Å².